The molecule has 6 nitrogen and oxygen atoms in total. The van der Waals surface area contributed by atoms with E-state index < -0.39 is 10.0 Å². The van der Waals surface area contributed by atoms with E-state index in [-0.39, 0.29) is 17.3 Å². The molecule has 3 rings (SSSR count). The fraction of sp³-hybridized carbons (Fsp3) is 0.417. The van der Waals surface area contributed by atoms with Crippen molar-refractivity contribution in [3.05, 3.63) is 35.8 Å². The van der Waals surface area contributed by atoms with Gasteiger partial charge in [0.25, 0.3) is 0 Å². The maximum atomic E-state index is 12.7. The first-order chi connectivity index (χ1) is 9.52. The van der Waals surface area contributed by atoms with Gasteiger partial charge in [-0.25, -0.2) is 13.4 Å². The number of nitrogens with zero attached hydrogens (tertiary/aromatic N) is 3. The fourth-order valence-electron chi connectivity index (χ4n) is 2.34. The SMILES string of the molecule is Cc1oc(CCl)cc1S(=O)(=O)N1CCn2ccnc2C1. The van der Waals surface area contributed by atoms with Gasteiger partial charge in [0.2, 0.25) is 10.0 Å². The summed E-state index contributed by atoms with van der Waals surface area (Å²) in [5, 5.41) is 0. The van der Waals surface area contributed by atoms with Crippen molar-refractivity contribution in [1.29, 1.82) is 0 Å². The van der Waals surface area contributed by atoms with E-state index in [1.807, 2.05) is 10.8 Å². The van der Waals surface area contributed by atoms with E-state index >= 15 is 0 Å². The highest BCUT2D eigenvalue weighted by Gasteiger charge is 2.31. The predicted octanol–water partition coefficient (Wildman–Crippen LogP) is 1.73. The van der Waals surface area contributed by atoms with E-state index in [4.69, 9.17) is 16.0 Å². The molecule has 0 aliphatic carbocycles. The van der Waals surface area contributed by atoms with Gasteiger partial charge in [-0.3, -0.25) is 0 Å². The largest absolute Gasteiger partial charge is 0.464 e. The third-order valence-electron chi connectivity index (χ3n) is 3.38. The second-order valence-electron chi connectivity index (χ2n) is 4.64. The molecule has 2 aromatic rings. The van der Waals surface area contributed by atoms with E-state index in [1.165, 1.54) is 10.4 Å². The molecule has 0 N–H and O–H groups in total. The molecule has 2 aromatic heterocycles. The van der Waals surface area contributed by atoms with Crippen molar-refractivity contribution in [3.63, 3.8) is 0 Å². The molecule has 0 amide bonds. The highest BCUT2D eigenvalue weighted by atomic mass is 35.5. The number of aromatic nitrogens is 2. The molecule has 0 saturated carbocycles. The number of sulfonamides is 1. The number of imidazole rings is 1. The van der Waals surface area contributed by atoms with Crippen LogP contribution in [0.15, 0.2) is 27.8 Å². The molecule has 8 heteroatoms. The number of fused-ring (bicyclic) bond motifs is 1. The number of hydrogen-bond donors (Lipinski definition) is 0. The Kier molecular flexibility index (Phi) is 3.35. The van der Waals surface area contributed by atoms with Crippen molar-refractivity contribution < 1.29 is 12.8 Å². The summed E-state index contributed by atoms with van der Waals surface area (Å²) in [6, 6.07) is 1.50. The Morgan fingerprint density at radius 1 is 1.45 bits per heavy atom. The molecular weight excluding hydrogens is 302 g/mol. The van der Waals surface area contributed by atoms with Crippen molar-refractivity contribution in [1.82, 2.24) is 13.9 Å². The summed E-state index contributed by atoms with van der Waals surface area (Å²) in [5.41, 5.74) is 0. The molecule has 0 spiro atoms. The van der Waals surface area contributed by atoms with Gasteiger partial charge in [0, 0.05) is 31.5 Å². The second kappa shape index (κ2) is 4.91. The monoisotopic (exact) mass is 315 g/mol. The minimum absolute atomic E-state index is 0.154. The maximum Gasteiger partial charge on any atom is 0.247 e. The lowest BCUT2D eigenvalue weighted by Gasteiger charge is -2.26. The van der Waals surface area contributed by atoms with Crippen LogP contribution in [0.25, 0.3) is 0 Å². The Bertz CT molecular complexity index is 735. The topological polar surface area (TPSA) is 68.3 Å². The van der Waals surface area contributed by atoms with Crippen LogP contribution in [0, 0.1) is 6.92 Å². The molecule has 0 fully saturated rings. The Morgan fingerprint density at radius 3 is 2.95 bits per heavy atom. The zero-order valence-corrected chi connectivity index (χ0v) is 12.5. The minimum atomic E-state index is -3.57. The minimum Gasteiger partial charge on any atom is -0.464 e. The smallest absolute Gasteiger partial charge is 0.247 e. The van der Waals surface area contributed by atoms with Crippen LogP contribution < -0.4 is 0 Å². The first kappa shape index (κ1) is 13.7. The molecule has 0 bridgehead atoms. The average Bonchev–Trinajstić information content (AvgIpc) is 3.03. The lowest BCUT2D eigenvalue weighted by Crippen LogP contribution is -2.38. The summed E-state index contributed by atoms with van der Waals surface area (Å²) >= 11 is 5.68. The lowest BCUT2D eigenvalue weighted by atomic mass is 10.4. The number of halogens is 1. The molecule has 1 aliphatic rings. The van der Waals surface area contributed by atoms with Crippen LogP contribution in [0.1, 0.15) is 17.3 Å². The van der Waals surface area contributed by atoms with Gasteiger partial charge in [-0.15, -0.1) is 11.6 Å². The summed E-state index contributed by atoms with van der Waals surface area (Å²) in [5.74, 6) is 1.73. The summed E-state index contributed by atoms with van der Waals surface area (Å²) in [7, 11) is -3.57. The van der Waals surface area contributed by atoms with Crippen LogP contribution in [0.3, 0.4) is 0 Å². The molecule has 0 radical (unpaired) electrons. The quantitative estimate of drug-likeness (QED) is 0.809. The van der Waals surface area contributed by atoms with Crippen molar-refractivity contribution in [3.8, 4) is 0 Å². The number of furan rings is 1. The van der Waals surface area contributed by atoms with Crippen LogP contribution in [0.2, 0.25) is 0 Å². The normalized spacial score (nSPS) is 16.3. The van der Waals surface area contributed by atoms with Gasteiger partial charge in [0.1, 0.15) is 22.2 Å². The molecular formula is C12H14ClN3O3S. The van der Waals surface area contributed by atoms with Gasteiger partial charge in [-0.2, -0.15) is 4.31 Å². The van der Waals surface area contributed by atoms with Crippen molar-refractivity contribution in [2.24, 2.45) is 0 Å². The van der Waals surface area contributed by atoms with Crippen molar-refractivity contribution in [2.75, 3.05) is 6.54 Å². The fourth-order valence-corrected chi connectivity index (χ4v) is 4.04. The lowest BCUT2D eigenvalue weighted by molar-refractivity contribution is 0.334. The van der Waals surface area contributed by atoms with Crippen molar-refractivity contribution in [2.45, 2.75) is 30.8 Å². The molecule has 0 aromatic carbocycles. The Morgan fingerprint density at radius 2 is 2.25 bits per heavy atom. The summed E-state index contributed by atoms with van der Waals surface area (Å²) in [6.07, 6.45) is 3.54. The third-order valence-corrected chi connectivity index (χ3v) is 5.60. The van der Waals surface area contributed by atoms with Gasteiger partial charge < -0.3 is 8.98 Å². The van der Waals surface area contributed by atoms with Gasteiger partial charge in [-0.05, 0) is 6.92 Å². The maximum absolute atomic E-state index is 12.7. The van der Waals surface area contributed by atoms with Crippen LogP contribution >= 0.6 is 11.6 Å². The summed E-state index contributed by atoms with van der Waals surface area (Å²) in [6.45, 7) is 2.93. The molecule has 0 unspecified atom stereocenters. The molecule has 108 valence electrons. The van der Waals surface area contributed by atoms with Crippen LogP contribution in [0.4, 0.5) is 0 Å². The molecule has 0 atom stereocenters. The number of alkyl halides is 1. The summed E-state index contributed by atoms with van der Waals surface area (Å²) < 4.78 is 34.0. The standard InChI is InChI=1S/C12H14ClN3O3S/c1-9-11(6-10(7-13)19-9)20(17,18)16-5-4-15-3-2-14-12(15)8-16/h2-3,6H,4-5,7-8H2,1H3. The molecule has 20 heavy (non-hydrogen) atoms. The molecule has 3 heterocycles. The van der Waals surface area contributed by atoms with Gasteiger partial charge in [0.15, 0.2) is 0 Å². The van der Waals surface area contributed by atoms with E-state index in [0.717, 1.165) is 5.82 Å². The molecule has 1 aliphatic heterocycles. The van der Waals surface area contributed by atoms with Gasteiger partial charge in [0.05, 0.1) is 12.4 Å². The Labute approximate surface area is 122 Å². The second-order valence-corrected chi connectivity index (χ2v) is 6.82. The van der Waals surface area contributed by atoms with Crippen LogP contribution in [-0.2, 0) is 29.0 Å². The Balaban J connectivity index is 1.95. The predicted molar refractivity (Wildman–Crippen MR) is 72.8 cm³/mol. The van der Waals surface area contributed by atoms with Gasteiger partial charge >= 0.3 is 0 Å². The molecule has 0 saturated heterocycles. The Hall–Kier alpha value is -1.31. The van der Waals surface area contributed by atoms with Gasteiger partial charge in [-0.1, -0.05) is 0 Å². The average molecular weight is 316 g/mol. The van der Waals surface area contributed by atoms with E-state index in [9.17, 15) is 8.42 Å². The highest BCUT2D eigenvalue weighted by Crippen LogP contribution is 2.26. The number of hydrogen-bond acceptors (Lipinski definition) is 4. The van der Waals surface area contributed by atoms with Crippen LogP contribution in [0.5, 0.6) is 0 Å². The van der Waals surface area contributed by atoms with E-state index in [2.05, 4.69) is 4.98 Å². The number of rotatable bonds is 3. The number of aryl methyl sites for hydroxylation is 1. The van der Waals surface area contributed by atoms with E-state index in [1.54, 1.807) is 13.1 Å². The van der Waals surface area contributed by atoms with Crippen molar-refractivity contribution >= 4 is 21.6 Å². The summed E-state index contributed by atoms with van der Waals surface area (Å²) in [4.78, 5) is 4.36. The zero-order valence-electron chi connectivity index (χ0n) is 10.9. The zero-order chi connectivity index (χ0) is 14.3. The first-order valence-corrected chi connectivity index (χ1v) is 8.15. The first-order valence-electron chi connectivity index (χ1n) is 6.18. The highest BCUT2D eigenvalue weighted by molar-refractivity contribution is 7.89. The third kappa shape index (κ3) is 2.15. The van der Waals surface area contributed by atoms with E-state index in [0.29, 0.717) is 24.6 Å². The van der Waals surface area contributed by atoms with Crippen LogP contribution in [-0.4, -0.2) is 28.8 Å².